The van der Waals surface area contributed by atoms with Crippen molar-refractivity contribution in [3.05, 3.63) is 65.9 Å². The molecule has 1 amide bonds. The molecule has 24 heavy (non-hydrogen) atoms. The maximum atomic E-state index is 11.8. The number of carboxylic acids is 1. The van der Waals surface area contributed by atoms with Crippen LogP contribution in [0.4, 0.5) is 0 Å². The third-order valence-electron chi connectivity index (χ3n) is 3.10. The molecule has 2 rings (SSSR count). The van der Waals surface area contributed by atoms with Gasteiger partial charge >= 0.3 is 5.97 Å². The Morgan fingerprint density at radius 3 is 2.54 bits per heavy atom. The molecule has 0 fully saturated rings. The SMILES string of the molecule is C=CCNC(=O)C(C#N)=Cc1ccc(-c2ccc(C(=O)O)cc2)o1. The van der Waals surface area contributed by atoms with Crippen LogP contribution < -0.4 is 5.32 Å². The summed E-state index contributed by atoms with van der Waals surface area (Å²) < 4.78 is 5.58. The van der Waals surface area contributed by atoms with Gasteiger partial charge in [0.05, 0.1) is 5.56 Å². The van der Waals surface area contributed by atoms with Crippen LogP contribution in [0.15, 0.2) is 59.0 Å². The van der Waals surface area contributed by atoms with Crippen molar-refractivity contribution in [1.29, 1.82) is 5.26 Å². The molecule has 1 aromatic carbocycles. The zero-order valence-electron chi connectivity index (χ0n) is 12.7. The fourth-order valence-corrected chi connectivity index (χ4v) is 1.91. The molecule has 0 bridgehead atoms. The van der Waals surface area contributed by atoms with Crippen LogP contribution >= 0.6 is 0 Å². The highest BCUT2D eigenvalue weighted by molar-refractivity contribution is 6.01. The Labute approximate surface area is 138 Å². The van der Waals surface area contributed by atoms with E-state index < -0.39 is 11.9 Å². The molecule has 0 aliphatic carbocycles. The standard InChI is InChI=1S/C18H14N2O4/c1-2-9-20-17(21)14(11-19)10-15-7-8-16(24-15)12-3-5-13(6-4-12)18(22)23/h2-8,10H,1,9H2,(H,20,21)(H,22,23). The number of nitriles is 1. The molecule has 0 atom stereocenters. The van der Waals surface area contributed by atoms with E-state index in [-0.39, 0.29) is 17.7 Å². The van der Waals surface area contributed by atoms with E-state index in [1.54, 1.807) is 24.3 Å². The molecule has 0 radical (unpaired) electrons. The van der Waals surface area contributed by atoms with Crippen LogP contribution in [-0.2, 0) is 4.79 Å². The van der Waals surface area contributed by atoms with Crippen LogP contribution in [0.1, 0.15) is 16.1 Å². The maximum Gasteiger partial charge on any atom is 0.335 e. The second-order valence-electron chi connectivity index (χ2n) is 4.75. The Kier molecular flexibility index (Phi) is 5.32. The molecular weight excluding hydrogens is 308 g/mol. The number of hydrogen-bond acceptors (Lipinski definition) is 4. The van der Waals surface area contributed by atoms with Crippen molar-refractivity contribution in [2.75, 3.05) is 6.54 Å². The number of nitrogens with one attached hydrogen (secondary N) is 1. The van der Waals surface area contributed by atoms with Gasteiger partial charge in [-0.25, -0.2) is 4.79 Å². The molecule has 0 saturated heterocycles. The normalized spacial score (nSPS) is 10.7. The molecule has 0 spiro atoms. The van der Waals surface area contributed by atoms with E-state index in [1.165, 1.54) is 24.3 Å². The van der Waals surface area contributed by atoms with Gasteiger partial charge in [-0.05, 0) is 24.3 Å². The fraction of sp³-hybridized carbons (Fsp3) is 0.0556. The Morgan fingerprint density at radius 2 is 1.96 bits per heavy atom. The van der Waals surface area contributed by atoms with Gasteiger partial charge in [-0.15, -0.1) is 6.58 Å². The second kappa shape index (κ2) is 7.61. The van der Waals surface area contributed by atoms with Gasteiger partial charge in [-0.2, -0.15) is 5.26 Å². The first-order valence-corrected chi connectivity index (χ1v) is 6.99. The van der Waals surface area contributed by atoms with E-state index in [9.17, 15) is 9.59 Å². The predicted octanol–water partition coefficient (Wildman–Crippen LogP) is 2.85. The van der Waals surface area contributed by atoms with Crippen molar-refractivity contribution in [2.45, 2.75) is 0 Å². The topological polar surface area (TPSA) is 103 Å². The minimum atomic E-state index is -1.01. The van der Waals surface area contributed by atoms with Crippen molar-refractivity contribution < 1.29 is 19.1 Å². The lowest BCUT2D eigenvalue weighted by atomic mass is 10.1. The predicted molar refractivity (Wildman–Crippen MR) is 87.9 cm³/mol. The average molecular weight is 322 g/mol. The molecule has 0 aliphatic rings. The number of aromatic carboxylic acids is 1. The van der Waals surface area contributed by atoms with E-state index in [4.69, 9.17) is 14.8 Å². The van der Waals surface area contributed by atoms with E-state index in [0.717, 1.165) is 0 Å². The Morgan fingerprint density at radius 1 is 1.25 bits per heavy atom. The van der Waals surface area contributed by atoms with E-state index in [0.29, 0.717) is 17.1 Å². The van der Waals surface area contributed by atoms with Crippen molar-refractivity contribution in [3.8, 4) is 17.4 Å². The van der Waals surface area contributed by atoms with Gasteiger partial charge in [0, 0.05) is 18.2 Å². The number of furan rings is 1. The summed E-state index contributed by atoms with van der Waals surface area (Å²) in [4.78, 5) is 22.6. The van der Waals surface area contributed by atoms with Gasteiger partial charge in [0.25, 0.3) is 5.91 Å². The van der Waals surface area contributed by atoms with Gasteiger partial charge < -0.3 is 14.8 Å². The van der Waals surface area contributed by atoms with Crippen LogP contribution in [0.2, 0.25) is 0 Å². The number of amides is 1. The first-order chi connectivity index (χ1) is 11.5. The molecule has 0 unspecified atom stereocenters. The molecule has 0 saturated carbocycles. The number of carbonyl (C=O) groups is 2. The van der Waals surface area contributed by atoms with Crippen molar-refractivity contribution in [3.63, 3.8) is 0 Å². The number of benzene rings is 1. The Balaban J connectivity index is 2.21. The van der Waals surface area contributed by atoms with Gasteiger partial charge in [0.2, 0.25) is 0 Å². The lowest BCUT2D eigenvalue weighted by molar-refractivity contribution is -0.116. The summed E-state index contributed by atoms with van der Waals surface area (Å²) in [6.07, 6.45) is 2.85. The summed E-state index contributed by atoms with van der Waals surface area (Å²) in [5, 5.41) is 20.5. The van der Waals surface area contributed by atoms with Gasteiger partial charge in [-0.1, -0.05) is 18.2 Å². The summed E-state index contributed by atoms with van der Waals surface area (Å²) in [7, 11) is 0. The van der Waals surface area contributed by atoms with E-state index in [1.807, 2.05) is 6.07 Å². The minimum Gasteiger partial charge on any atom is -0.478 e. The Bertz CT molecular complexity index is 839. The summed E-state index contributed by atoms with van der Waals surface area (Å²) in [5.74, 6) is -0.672. The van der Waals surface area contributed by atoms with E-state index >= 15 is 0 Å². The molecular formula is C18H14N2O4. The van der Waals surface area contributed by atoms with Crippen LogP contribution in [0, 0.1) is 11.3 Å². The van der Waals surface area contributed by atoms with Crippen molar-refractivity contribution in [1.82, 2.24) is 5.32 Å². The van der Waals surface area contributed by atoms with Crippen LogP contribution in [-0.4, -0.2) is 23.5 Å². The van der Waals surface area contributed by atoms with Gasteiger partial charge in [0.1, 0.15) is 23.2 Å². The Hall–Kier alpha value is -3.59. The first-order valence-electron chi connectivity index (χ1n) is 6.99. The fourth-order valence-electron chi connectivity index (χ4n) is 1.91. The lowest BCUT2D eigenvalue weighted by Gasteiger charge is -2.00. The molecule has 2 aromatic rings. The summed E-state index contributed by atoms with van der Waals surface area (Å²) >= 11 is 0. The number of nitrogens with zero attached hydrogens (tertiary/aromatic N) is 1. The second-order valence-corrected chi connectivity index (χ2v) is 4.75. The highest BCUT2D eigenvalue weighted by Gasteiger charge is 2.10. The monoisotopic (exact) mass is 322 g/mol. The van der Waals surface area contributed by atoms with Crippen LogP contribution in [0.5, 0.6) is 0 Å². The summed E-state index contributed by atoms with van der Waals surface area (Å²) in [5.41, 5.74) is 0.782. The maximum absolute atomic E-state index is 11.8. The largest absolute Gasteiger partial charge is 0.478 e. The number of carboxylic acid groups (broad SMARTS) is 1. The molecule has 6 nitrogen and oxygen atoms in total. The van der Waals surface area contributed by atoms with Gasteiger partial charge in [-0.3, -0.25) is 4.79 Å². The molecule has 6 heteroatoms. The highest BCUT2D eigenvalue weighted by Crippen LogP contribution is 2.23. The third-order valence-corrected chi connectivity index (χ3v) is 3.10. The van der Waals surface area contributed by atoms with E-state index in [2.05, 4.69) is 11.9 Å². The van der Waals surface area contributed by atoms with Gasteiger partial charge in [0.15, 0.2) is 0 Å². The summed E-state index contributed by atoms with van der Waals surface area (Å²) in [6.45, 7) is 3.74. The van der Waals surface area contributed by atoms with Crippen LogP contribution in [0.3, 0.4) is 0 Å². The quantitative estimate of drug-likeness (QED) is 0.483. The molecule has 1 heterocycles. The third kappa shape index (κ3) is 3.99. The van der Waals surface area contributed by atoms with Crippen LogP contribution in [0.25, 0.3) is 17.4 Å². The lowest BCUT2D eigenvalue weighted by Crippen LogP contribution is -2.24. The average Bonchev–Trinajstić information content (AvgIpc) is 3.06. The van der Waals surface area contributed by atoms with Crippen molar-refractivity contribution in [2.24, 2.45) is 0 Å². The smallest absolute Gasteiger partial charge is 0.335 e. The minimum absolute atomic E-state index is 0.0843. The highest BCUT2D eigenvalue weighted by atomic mass is 16.4. The number of carbonyl (C=O) groups excluding carboxylic acids is 1. The molecule has 120 valence electrons. The molecule has 2 N–H and O–H groups in total. The first kappa shape index (κ1) is 16.8. The zero-order valence-corrected chi connectivity index (χ0v) is 12.7. The molecule has 0 aliphatic heterocycles. The number of hydrogen-bond donors (Lipinski definition) is 2. The number of rotatable bonds is 6. The zero-order chi connectivity index (χ0) is 17.5. The summed E-state index contributed by atoms with van der Waals surface area (Å²) in [6, 6.07) is 11.3. The molecule has 1 aromatic heterocycles. The van der Waals surface area contributed by atoms with Crippen molar-refractivity contribution >= 4 is 18.0 Å².